The summed E-state index contributed by atoms with van der Waals surface area (Å²) in [6.45, 7) is 2.66. The number of likely N-dealkylation sites (N-methyl/N-ethyl adjacent to an activating group) is 1. The monoisotopic (exact) mass is 318 g/mol. The number of nitrogens with one attached hydrogen (secondary N) is 2. The number of carbonyl (C=O) groups excluding carboxylic acids is 1. The second-order valence-electron chi connectivity index (χ2n) is 4.74. The predicted octanol–water partition coefficient (Wildman–Crippen LogP) is 3.64. The molecule has 0 spiro atoms. The summed E-state index contributed by atoms with van der Waals surface area (Å²) in [7, 11) is 1.55. The maximum Gasteiger partial charge on any atom is 0.246 e. The van der Waals surface area contributed by atoms with Crippen molar-refractivity contribution >= 4 is 23.2 Å². The third-order valence-corrected chi connectivity index (χ3v) is 3.52. The summed E-state index contributed by atoms with van der Waals surface area (Å²) < 4.78 is 5.10. The van der Waals surface area contributed by atoms with Crippen molar-refractivity contribution in [3.05, 3.63) is 59.1 Å². The second-order valence-corrected chi connectivity index (χ2v) is 5.15. The number of hydrogen-bond donors (Lipinski definition) is 2. The summed E-state index contributed by atoms with van der Waals surface area (Å²) in [5.41, 5.74) is 1.55. The highest BCUT2D eigenvalue weighted by molar-refractivity contribution is 6.32. The highest BCUT2D eigenvalue weighted by atomic mass is 35.5. The van der Waals surface area contributed by atoms with E-state index in [1.54, 1.807) is 25.3 Å². The third-order valence-electron chi connectivity index (χ3n) is 3.22. The number of ether oxygens (including phenoxy) is 1. The van der Waals surface area contributed by atoms with Gasteiger partial charge in [-0.3, -0.25) is 4.79 Å². The SMILES string of the molecule is CCN[C@H](C(=O)Nc1ccc(OC)c(Cl)c1)c1ccccc1. The molecule has 0 unspecified atom stereocenters. The van der Waals surface area contributed by atoms with Gasteiger partial charge >= 0.3 is 0 Å². The Hall–Kier alpha value is -2.04. The quantitative estimate of drug-likeness (QED) is 0.855. The van der Waals surface area contributed by atoms with E-state index in [0.717, 1.165) is 5.56 Å². The van der Waals surface area contributed by atoms with Gasteiger partial charge in [0.2, 0.25) is 5.91 Å². The van der Waals surface area contributed by atoms with Crippen LogP contribution in [0.4, 0.5) is 5.69 Å². The van der Waals surface area contributed by atoms with Crippen molar-refractivity contribution in [1.29, 1.82) is 0 Å². The fraction of sp³-hybridized carbons (Fsp3) is 0.235. The lowest BCUT2D eigenvalue weighted by Crippen LogP contribution is -2.32. The molecule has 2 aromatic rings. The van der Waals surface area contributed by atoms with E-state index in [4.69, 9.17) is 16.3 Å². The molecule has 0 fully saturated rings. The van der Waals surface area contributed by atoms with E-state index >= 15 is 0 Å². The molecule has 1 amide bonds. The van der Waals surface area contributed by atoms with E-state index in [9.17, 15) is 4.79 Å². The number of anilines is 1. The number of benzene rings is 2. The van der Waals surface area contributed by atoms with E-state index in [-0.39, 0.29) is 5.91 Å². The highest BCUT2D eigenvalue weighted by Crippen LogP contribution is 2.27. The topological polar surface area (TPSA) is 50.4 Å². The zero-order valence-electron chi connectivity index (χ0n) is 12.6. The van der Waals surface area contributed by atoms with Gasteiger partial charge in [-0.25, -0.2) is 0 Å². The summed E-state index contributed by atoms with van der Waals surface area (Å²) in [5.74, 6) is 0.445. The Labute approximate surface area is 135 Å². The predicted molar refractivity (Wildman–Crippen MR) is 89.5 cm³/mol. The van der Waals surface area contributed by atoms with Crippen LogP contribution in [0.1, 0.15) is 18.5 Å². The standard InChI is InChI=1S/C17H19ClN2O2/c1-3-19-16(12-7-5-4-6-8-12)17(21)20-13-9-10-15(22-2)14(18)11-13/h4-11,16,19H,3H2,1-2H3,(H,20,21)/t16-/m0/s1. The summed E-state index contributed by atoms with van der Waals surface area (Å²) in [5, 5.41) is 6.52. The van der Waals surface area contributed by atoms with Crippen LogP contribution in [0.5, 0.6) is 5.75 Å². The van der Waals surface area contributed by atoms with Crippen LogP contribution in [0.2, 0.25) is 5.02 Å². The first-order chi connectivity index (χ1) is 10.7. The summed E-state index contributed by atoms with van der Waals surface area (Å²) in [4.78, 5) is 12.5. The first-order valence-corrected chi connectivity index (χ1v) is 7.46. The fourth-order valence-electron chi connectivity index (χ4n) is 2.17. The van der Waals surface area contributed by atoms with E-state index < -0.39 is 6.04 Å². The van der Waals surface area contributed by atoms with Crippen molar-refractivity contribution in [2.75, 3.05) is 19.0 Å². The molecule has 0 aliphatic heterocycles. The van der Waals surface area contributed by atoms with Crippen LogP contribution in [0.15, 0.2) is 48.5 Å². The van der Waals surface area contributed by atoms with Gasteiger partial charge in [0.15, 0.2) is 0 Å². The van der Waals surface area contributed by atoms with E-state index in [1.165, 1.54) is 0 Å². The number of hydrogen-bond acceptors (Lipinski definition) is 3. The minimum atomic E-state index is -0.410. The van der Waals surface area contributed by atoms with E-state index in [0.29, 0.717) is 23.0 Å². The first-order valence-electron chi connectivity index (χ1n) is 7.08. The summed E-state index contributed by atoms with van der Waals surface area (Å²) in [6.07, 6.45) is 0. The molecular formula is C17H19ClN2O2. The Morgan fingerprint density at radius 3 is 2.55 bits per heavy atom. The van der Waals surface area contributed by atoms with Crippen molar-refractivity contribution in [2.24, 2.45) is 0 Å². The lowest BCUT2D eigenvalue weighted by molar-refractivity contribution is -0.118. The molecule has 2 rings (SSSR count). The molecule has 0 radical (unpaired) electrons. The molecule has 4 nitrogen and oxygen atoms in total. The molecule has 1 atom stereocenters. The third kappa shape index (κ3) is 4.00. The van der Waals surface area contributed by atoms with Gasteiger partial charge in [-0.05, 0) is 30.3 Å². The number of carbonyl (C=O) groups is 1. The molecule has 0 heterocycles. The minimum absolute atomic E-state index is 0.130. The molecular weight excluding hydrogens is 300 g/mol. The first kappa shape index (κ1) is 16.3. The van der Waals surface area contributed by atoms with Gasteiger partial charge in [0.25, 0.3) is 0 Å². The van der Waals surface area contributed by atoms with Gasteiger partial charge in [0.1, 0.15) is 11.8 Å². The van der Waals surface area contributed by atoms with Crippen LogP contribution in [-0.2, 0) is 4.79 Å². The molecule has 5 heteroatoms. The zero-order valence-corrected chi connectivity index (χ0v) is 13.4. The largest absolute Gasteiger partial charge is 0.495 e. The van der Waals surface area contributed by atoms with Gasteiger partial charge < -0.3 is 15.4 Å². The Kier molecular flexibility index (Phi) is 5.81. The maximum atomic E-state index is 12.5. The number of rotatable bonds is 6. The van der Waals surface area contributed by atoms with Crippen molar-refractivity contribution < 1.29 is 9.53 Å². The van der Waals surface area contributed by atoms with Gasteiger partial charge in [0.05, 0.1) is 12.1 Å². The molecule has 116 valence electrons. The van der Waals surface area contributed by atoms with Gasteiger partial charge in [-0.1, -0.05) is 48.9 Å². The highest BCUT2D eigenvalue weighted by Gasteiger charge is 2.19. The number of amides is 1. The molecule has 0 saturated carbocycles. The Morgan fingerprint density at radius 1 is 1.23 bits per heavy atom. The van der Waals surface area contributed by atoms with Crippen LogP contribution < -0.4 is 15.4 Å². The Bertz CT molecular complexity index is 632. The fourth-order valence-corrected chi connectivity index (χ4v) is 2.43. The molecule has 0 aromatic heterocycles. The van der Waals surface area contributed by atoms with E-state index in [2.05, 4.69) is 10.6 Å². The molecule has 0 bridgehead atoms. The summed E-state index contributed by atoms with van der Waals surface area (Å²) in [6, 6.07) is 14.3. The normalized spacial score (nSPS) is 11.8. The van der Waals surface area contributed by atoms with Crippen LogP contribution in [0.25, 0.3) is 0 Å². The van der Waals surface area contributed by atoms with Crippen LogP contribution >= 0.6 is 11.6 Å². The van der Waals surface area contributed by atoms with Crippen LogP contribution in [-0.4, -0.2) is 19.6 Å². The van der Waals surface area contributed by atoms with Gasteiger partial charge in [0, 0.05) is 5.69 Å². The van der Waals surface area contributed by atoms with Crippen LogP contribution in [0.3, 0.4) is 0 Å². The van der Waals surface area contributed by atoms with Crippen molar-refractivity contribution in [3.63, 3.8) is 0 Å². The molecule has 2 aromatic carbocycles. The van der Waals surface area contributed by atoms with E-state index in [1.807, 2.05) is 37.3 Å². The summed E-state index contributed by atoms with van der Waals surface area (Å²) >= 11 is 6.08. The molecule has 22 heavy (non-hydrogen) atoms. The Balaban J connectivity index is 2.16. The lowest BCUT2D eigenvalue weighted by atomic mass is 10.1. The molecule has 0 saturated heterocycles. The average Bonchev–Trinajstić information content (AvgIpc) is 2.53. The van der Waals surface area contributed by atoms with Crippen molar-refractivity contribution in [3.8, 4) is 5.75 Å². The van der Waals surface area contributed by atoms with Gasteiger partial charge in [-0.2, -0.15) is 0 Å². The maximum absolute atomic E-state index is 12.5. The number of halogens is 1. The minimum Gasteiger partial charge on any atom is -0.495 e. The van der Waals surface area contributed by atoms with Crippen molar-refractivity contribution in [2.45, 2.75) is 13.0 Å². The molecule has 0 aliphatic carbocycles. The van der Waals surface area contributed by atoms with Gasteiger partial charge in [-0.15, -0.1) is 0 Å². The molecule has 2 N–H and O–H groups in total. The average molecular weight is 319 g/mol. The smallest absolute Gasteiger partial charge is 0.246 e. The lowest BCUT2D eigenvalue weighted by Gasteiger charge is -2.18. The van der Waals surface area contributed by atoms with Crippen LogP contribution in [0, 0.1) is 0 Å². The zero-order chi connectivity index (χ0) is 15.9. The van der Waals surface area contributed by atoms with Crippen molar-refractivity contribution in [1.82, 2.24) is 5.32 Å². The number of methoxy groups -OCH3 is 1. The Morgan fingerprint density at radius 2 is 1.95 bits per heavy atom. The second kappa shape index (κ2) is 7.82. The molecule has 0 aliphatic rings.